The summed E-state index contributed by atoms with van der Waals surface area (Å²) in [6.45, 7) is 0. The summed E-state index contributed by atoms with van der Waals surface area (Å²) in [6, 6.07) is 5.11. The highest BCUT2D eigenvalue weighted by Gasteiger charge is 2.16. The van der Waals surface area contributed by atoms with Crippen LogP contribution in [0.5, 0.6) is 5.75 Å². The maximum atomic E-state index is 10.7. The number of hydrogen-bond donors (Lipinski definition) is 3. The van der Waals surface area contributed by atoms with Crippen molar-refractivity contribution in [2.45, 2.75) is 4.90 Å². The summed E-state index contributed by atoms with van der Waals surface area (Å²) < 4.78 is 0.729. The predicted octanol–water partition coefficient (Wildman–Crippen LogP) is 2.59. The van der Waals surface area contributed by atoms with Crippen molar-refractivity contribution in [3.63, 3.8) is 0 Å². The average molecular weight is 226 g/mol. The van der Waals surface area contributed by atoms with E-state index in [2.05, 4.69) is 12.6 Å². The Bertz CT molecular complexity index is 516. The lowest BCUT2D eigenvalue weighted by Crippen LogP contribution is -1.90. The Morgan fingerprint density at radius 3 is 2.79 bits per heavy atom. The molecule has 2 rings (SSSR count). The molecule has 0 unspecified atom stereocenters. The summed E-state index contributed by atoms with van der Waals surface area (Å²) in [7, 11) is 0. The minimum atomic E-state index is -1.11. The molecule has 0 atom stereocenters. The third-order valence-corrected chi connectivity index (χ3v) is 3.25. The molecule has 0 saturated heterocycles. The number of rotatable bonds is 1. The van der Waals surface area contributed by atoms with Gasteiger partial charge in [-0.15, -0.1) is 24.0 Å². The van der Waals surface area contributed by atoms with E-state index in [4.69, 9.17) is 5.11 Å². The van der Waals surface area contributed by atoms with E-state index in [1.54, 1.807) is 18.2 Å². The van der Waals surface area contributed by atoms with Crippen molar-refractivity contribution in [2.75, 3.05) is 0 Å². The van der Waals surface area contributed by atoms with Crippen molar-refractivity contribution in [3.8, 4) is 5.75 Å². The first-order valence-corrected chi connectivity index (χ1v) is 5.03. The Balaban J connectivity index is 2.79. The number of aromatic carboxylic acids is 1. The van der Waals surface area contributed by atoms with Crippen LogP contribution in [0.25, 0.3) is 10.1 Å². The highest BCUT2D eigenvalue weighted by atomic mass is 32.1. The summed E-state index contributed by atoms with van der Waals surface area (Å²) in [5.74, 6) is -1.27. The molecule has 2 N–H and O–H groups in total. The van der Waals surface area contributed by atoms with E-state index in [0.29, 0.717) is 5.39 Å². The molecule has 5 heteroatoms. The molecule has 0 aliphatic carbocycles. The van der Waals surface area contributed by atoms with Crippen LogP contribution in [0.15, 0.2) is 23.1 Å². The third-order valence-electron chi connectivity index (χ3n) is 1.84. The van der Waals surface area contributed by atoms with E-state index >= 15 is 0 Å². The van der Waals surface area contributed by atoms with Crippen LogP contribution in [0.1, 0.15) is 9.67 Å². The molecule has 0 bridgehead atoms. The van der Waals surface area contributed by atoms with Gasteiger partial charge in [-0.2, -0.15) is 0 Å². The number of thiol groups is 1. The van der Waals surface area contributed by atoms with Crippen LogP contribution in [0.2, 0.25) is 0 Å². The number of thiophene rings is 1. The van der Waals surface area contributed by atoms with E-state index < -0.39 is 5.97 Å². The highest BCUT2D eigenvalue weighted by Crippen LogP contribution is 2.37. The van der Waals surface area contributed by atoms with E-state index in [9.17, 15) is 9.90 Å². The first-order chi connectivity index (χ1) is 6.59. The summed E-state index contributed by atoms with van der Waals surface area (Å²) in [5, 5.41) is 18.9. The molecule has 14 heavy (non-hydrogen) atoms. The van der Waals surface area contributed by atoms with Crippen LogP contribution in [0.3, 0.4) is 0 Å². The smallest absolute Gasteiger partial charge is 0.349 e. The van der Waals surface area contributed by atoms with Crippen LogP contribution >= 0.6 is 24.0 Å². The molecule has 0 saturated carbocycles. The Labute approximate surface area is 89.0 Å². The Morgan fingerprint density at radius 2 is 2.14 bits per heavy atom. The van der Waals surface area contributed by atoms with Gasteiger partial charge >= 0.3 is 5.97 Å². The van der Waals surface area contributed by atoms with Gasteiger partial charge in [0.05, 0.1) is 0 Å². The molecule has 72 valence electrons. The second-order valence-electron chi connectivity index (χ2n) is 2.77. The monoisotopic (exact) mass is 226 g/mol. The summed E-state index contributed by atoms with van der Waals surface area (Å²) in [5.41, 5.74) is 0. The summed E-state index contributed by atoms with van der Waals surface area (Å²) >= 11 is 5.18. The second-order valence-corrected chi connectivity index (χ2v) is 4.33. The van der Waals surface area contributed by atoms with Gasteiger partial charge in [0.15, 0.2) is 4.88 Å². The normalized spacial score (nSPS) is 10.6. The fraction of sp³-hybridized carbons (Fsp3) is 0. The van der Waals surface area contributed by atoms with Gasteiger partial charge in [-0.1, -0.05) is 0 Å². The molecule has 1 aromatic carbocycles. The first kappa shape index (κ1) is 9.36. The predicted molar refractivity (Wildman–Crippen MR) is 57.7 cm³/mol. The quantitative estimate of drug-likeness (QED) is 0.655. The van der Waals surface area contributed by atoms with Gasteiger partial charge in [0.2, 0.25) is 0 Å². The lowest BCUT2D eigenvalue weighted by Gasteiger charge is -1.91. The van der Waals surface area contributed by atoms with Gasteiger partial charge in [0.1, 0.15) is 5.75 Å². The number of carboxylic acids is 1. The third kappa shape index (κ3) is 1.34. The molecular weight excluding hydrogens is 220 g/mol. The second kappa shape index (κ2) is 3.18. The lowest BCUT2D eigenvalue weighted by atomic mass is 10.2. The average Bonchev–Trinajstić information content (AvgIpc) is 2.43. The van der Waals surface area contributed by atoms with Crippen molar-refractivity contribution in [1.29, 1.82) is 0 Å². The van der Waals surface area contributed by atoms with Crippen LogP contribution in [-0.2, 0) is 0 Å². The van der Waals surface area contributed by atoms with Crippen molar-refractivity contribution in [1.82, 2.24) is 0 Å². The van der Waals surface area contributed by atoms with Gasteiger partial charge in [-0.05, 0) is 18.2 Å². The summed E-state index contributed by atoms with van der Waals surface area (Å²) in [6.07, 6.45) is 0. The molecular formula is C9H6O3S2. The Hall–Kier alpha value is -1.20. The minimum absolute atomic E-state index is 0.0288. The maximum Gasteiger partial charge on any atom is 0.349 e. The van der Waals surface area contributed by atoms with Gasteiger partial charge in [-0.3, -0.25) is 0 Å². The fourth-order valence-corrected chi connectivity index (χ4v) is 2.48. The number of benzene rings is 1. The number of hydrogen-bond acceptors (Lipinski definition) is 4. The minimum Gasteiger partial charge on any atom is -0.505 e. The summed E-state index contributed by atoms with van der Waals surface area (Å²) in [4.78, 5) is 11.4. The van der Waals surface area contributed by atoms with Crippen LogP contribution in [0.4, 0.5) is 0 Å². The van der Waals surface area contributed by atoms with Crippen LogP contribution < -0.4 is 0 Å². The van der Waals surface area contributed by atoms with E-state index in [1.807, 2.05) is 0 Å². The number of fused-ring (bicyclic) bond motifs is 1. The SMILES string of the molecule is O=C(O)c1sc2cc(S)ccc2c1O. The van der Waals surface area contributed by atoms with Crippen molar-refractivity contribution < 1.29 is 15.0 Å². The molecule has 2 aromatic rings. The van der Waals surface area contributed by atoms with E-state index in [1.165, 1.54) is 0 Å². The van der Waals surface area contributed by atoms with Crippen LogP contribution in [0, 0.1) is 0 Å². The van der Waals surface area contributed by atoms with E-state index in [0.717, 1.165) is 20.9 Å². The van der Waals surface area contributed by atoms with Gasteiger partial charge in [-0.25, -0.2) is 4.79 Å². The Kier molecular flexibility index (Phi) is 2.13. The van der Waals surface area contributed by atoms with Crippen molar-refractivity contribution in [2.24, 2.45) is 0 Å². The lowest BCUT2D eigenvalue weighted by molar-refractivity contribution is 0.0699. The van der Waals surface area contributed by atoms with E-state index in [-0.39, 0.29) is 10.6 Å². The maximum absolute atomic E-state index is 10.7. The van der Waals surface area contributed by atoms with Gasteiger partial charge in [0.25, 0.3) is 0 Å². The molecule has 3 nitrogen and oxygen atoms in total. The molecule has 0 amide bonds. The molecule has 0 spiro atoms. The first-order valence-electron chi connectivity index (χ1n) is 3.77. The number of carboxylic acid groups (broad SMARTS) is 1. The van der Waals surface area contributed by atoms with Crippen molar-refractivity contribution in [3.05, 3.63) is 23.1 Å². The molecule has 0 radical (unpaired) electrons. The number of carbonyl (C=O) groups is 1. The number of aromatic hydroxyl groups is 1. The topological polar surface area (TPSA) is 57.5 Å². The molecule has 1 aromatic heterocycles. The zero-order chi connectivity index (χ0) is 10.3. The fourth-order valence-electron chi connectivity index (χ4n) is 1.22. The Morgan fingerprint density at radius 1 is 1.43 bits per heavy atom. The standard InChI is InChI=1S/C9H6O3S2/c10-7-5-2-1-4(13)3-6(5)14-8(7)9(11)12/h1-3,10,13H,(H,11,12). The van der Waals surface area contributed by atoms with Crippen LogP contribution in [-0.4, -0.2) is 16.2 Å². The zero-order valence-electron chi connectivity index (χ0n) is 6.89. The zero-order valence-corrected chi connectivity index (χ0v) is 8.60. The molecule has 0 fully saturated rings. The highest BCUT2D eigenvalue weighted by molar-refractivity contribution is 7.80. The van der Waals surface area contributed by atoms with Gasteiger partial charge < -0.3 is 10.2 Å². The molecule has 0 aliphatic heterocycles. The van der Waals surface area contributed by atoms with Gasteiger partial charge in [0, 0.05) is 15.0 Å². The van der Waals surface area contributed by atoms with Crippen molar-refractivity contribution >= 4 is 40.0 Å². The molecule has 0 aliphatic rings. The largest absolute Gasteiger partial charge is 0.505 e. The molecule has 1 heterocycles.